The predicted molar refractivity (Wildman–Crippen MR) is 293 cm³/mol. The molecule has 13 rings (SSSR count). The van der Waals surface area contributed by atoms with Crippen molar-refractivity contribution in [3.8, 4) is 28.1 Å². The summed E-state index contributed by atoms with van der Waals surface area (Å²) in [4.78, 5) is 10.0. The first-order chi connectivity index (χ1) is 34.3. The third-order valence-corrected chi connectivity index (χ3v) is 18.9. The molecular formula is C64H46N4Si. The number of nitrogens with zero attached hydrogens (tertiary/aromatic N) is 4. The SMILES string of the molecule is c1ccc(-c2cccc(-c3ccccc3)c2N2CN(c3cccc([Si](c4ccccc4)(c4ccccc4)c4ccc5c6ccccc6n(-c6ccccn6)c5c4)c3)c3ccc4ccccc4c32)cc1. The van der Waals surface area contributed by atoms with Gasteiger partial charge in [0.2, 0.25) is 0 Å². The smallest absolute Gasteiger partial charge is 0.179 e. The second-order valence-corrected chi connectivity index (χ2v) is 21.7. The molecule has 0 radical (unpaired) electrons. The molecule has 12 aromatic rings. The average Bonchev–Trinajstić information content (AvgIpc) is 3.99. The van der Waals surface area contributed by atoms with Gasteiger partial charge in [0.1, 0.15) is 12.5 Å². The highest BCUT2D eigenvalue weighted by atomic mass is 28.3. The van der Waals surface area contributed by atoms with E-state index in [2.05, 4.69) is 269 Å². The monoisotopic (exact) mass is 898 g/mol. The van der Waals surface area contributed by atoms with Crippen molar-refractivity contribution in [2.24, 2.45) is 0 Å². The van der Waals surface area contributed by atoms with Gasteiger partial charge in [-0.15, -0.1) is 0 Å². The molecule has 0 saturated carbocycles. The van der Waals surface area contributed by atoms with E-state index in [1.54, 1.807) is 0 Å². The third kappa shape index (κ3) is 6.62. The highest BCUT2D eigenvalue weighted by Gasteiger charge is 2.43. The number of hydrogen-bond donors (Lipinski definition) is 0. The zero-order valence-electron chi connectivity index (χ0n) is 37.9. The lowest BCUT2D eigenvalue weighted by molar-refractivity contribution is 0.994. The van der Waals surface area contributed by atoms with E-state index in [-0.39, 0.29) is 0 Å². The molecule has 0 spiro atoms. The molecule has 1 aliphatic rings. The first-order valence-electron chi connectivity index (χ1n) is 23.7. The maximum atomic E-state index is 4.92. The molecule has 0 fully saturated rings. The third-order valence-electron chi connectivity index (χ3n) is 14.2. The lowest BCUT2D eigenvalue weighted by atomic mass is 9.94. The lowest BCUT2D eigenvalue weighted by Crippen LogP contribution is -2.74. The quantitative estimate of drug-likeness (QED) is 0.107. The summed E-state index contributed by atoms with van der Waals surface area (Å²) in [5.41, 5.74) is 11.8. The second-order valence-electron chi connectivity index (χ2n) is 17.9. The van der Waals surface area contributed by atoms with Crippen LogP contribution < -0.4 is 30.5 Å². The van der Waals surface area contributed by atoms with Crippen LogP contribution in [0.2, 0.25) is 0 Å². The van der Waals surface area contributed by atoms with E-state index in [0.717, 1.165) is 22.5 Å². The first-order valence-corrected chi connectivity index (χ1v) is 25.7. The molecule has 10 aromatic carbocycles. The molecule has 0 amide bonds. The normalized spacial score (nSPS) is 12.5. The summed E-state index contributed by atoms with van der Waals surface area (Å²) >= 11 is 0. The molecule has 3 heterocycles. The molecule has 69 heavy (non-hydrogen) atoms. The van der Waals surface area contributed by atoms with E-state index in [1.165, 1.54) is 81.6 Å². The van der Waals surface area contributed by atoms with Crippen LogP contribution >= 0.6 is 0 Å². The molecule has 1 aliphatic heterocycles. The predicted octanol–water partition coefficient (Wildman–Crippen LogP) is 13.3. The Bertz CT molecular complexity index is 3720. The minimum Gasteiger partial charge on any atom is -0.321 e. The molecular weight excluding hydrogens is 853 g/mol. The Balaban J connectivity index is 1.06. The van der Waals surface area contributed by atoms with Crippen LogP contribution in [0.25, 0.3) is 60.6 Å². The summed E-state index contributed by atoms with van der Waals surface area (Å²) in [5.74, 6) is 0.906. The highest BCUT2D eigenvalue weighted by molar-refractivity contribution is 7.20. The van der Waals surface area contributed by atoms with Crippen LogP contribution in [0.1, 0.15) is 0 Å². The van der Waals surface area contributed by atoms with Gasteiger partial charge in [0.15, 0.2) is 8.07 Å². The fourth-order valence-corrected chi connectivity index (χ4v) is 16.0. The lowest BCUT2D eigenvalue weighted by Gasteiger charge is -2.35. The Labute approximate surface area is 403 Å². The number of pyridine rings is 1. The first kappa shape index (κ1) is 40.5. The number of anilines is 4. The molecule has 0 saturated heterocycles. The molecule has 0 N–H and O–H groups in total. The topological polar surface area (TPSA) is 24.3 Å². The molecule has 0 unspecified atom stereocenters. The summed E-state index contributed by atoms with van der Waals surface area (Å²) in [7, 11) is -3.07. The van der Waals surface area contributed by atoms with E-state index in [4.69, 9.17) is 4.98 Å². The van der Waals surface area contributed by atoms with Crippen molar-refractivity contribution < 1.29 is 0 Å². The van der Waals surface area contributed by atoms with Crippen molar-refractivity contribution in [2.45, 2.75) is 0 Å². The fourth-order valence-electron chi connectivity index (χ4n) is 11.2. The van der Waals surface area contributed by atoms with Crippen LogP contribution in [0.3, 0.4) is 0 Å². The van der Waals surface area contributed by atoms with Gasteiger partial charge < -0.3 is 9.80 Å². The van der Waals surface area contributed by atoms with Gasteiger partial charge in [-0.25, -0.2) is 4.98 Å². The fraction of sp³-hybridized carbons (Fsp3) is 0.0156. The average molecular weight is 899 g/mol. The van der Waals surface area contributed by atoms with Gasteiger partial charge in [-0.1, -0.05) is 218 Å². The largest absolute Gasteiger partial charge is 0.321 e. The van der Waals surface area contributed by atoms with Crippen molar-refractivity contribution >= 4 is 84.1 Å². The summed E-state index contributed by atoms with van der Waals surface area (Å²) in [5, 5.41) is 10.1. The maximum Gasteiger partial charge on any atom is 0.179 e. The second kappa shape index (κ2) is 16.8. The van der Waals surface area contributed by atoms with Crippen molar-refractivity contribution in [2.75, 3.05) is 16.5 Å². The van der Waals surface area contributed by atoms with Crippen LogP contribution in [-0.2, 0) is 0 Å². The van der Waals surface area contributed by atoms with Gasteiger partial charge in [-0.2, -0.15) is 0 Å². The Hall–Kier alpha value is -8.77. The molecule has 2 aromatic heterocycles. The molecule has 0 aliphatic carbocycles. The van der Waals surface area contributed by atoms with Gasteiger partial charge >= 0.3 is 0 Å². The molecule has 0 atom stereocenters. The van der Waals surface area contributed by atoms with E-state index in [0.29, 0.717) is 6.67 Å². The maximum absolute atomic E-state index is 4.92. The van der Waals surface area contributed by atoms with E-state index in [9.17, 15) is 0 Å². The minimum absolute atomic E-state index is 0.623. The Kier molecular flexibility index (Phi) is 9.88. The van der Waals surface area contributed by atoms with Gasteiger partial charge in [-0.3, -0.25) is 4.57 Å². The minimum atomic E-state index is -3.07. The molecule has 0 bridgehead atoms. The van der Waals surface area contributed by atoms with E-state index >= 15 is 0 Å². The van der Waals surface area contributed by atoms with E-state index < -0.39 is 8.07 Å². The van der Waals surface area contributed by atoms with Gasteiger partial charge in [-0.05, 0) is 79.7 Å². The Morgan fingerprint density at radius 1 is 0.362 bits per heavy atom. The van der Waals surface area contributed by atoms with Crippen LogP contribution in [0, 0.1) is 0 Å². The zero-order chi connectivity index (χ0) is 45.7. The zero-order valence-corrected chi connectivity index (χ0v) is 38.9. The van der Waals surface area contributed by atoms with Crippen molar-refractivity contribution in [1.29, 1.82) is 0 Å². The standard InChI is InChI=1S/C64H46N4Si/c1-5-21-46(22-6-1)54-34-20-35-55(47-23-7-2-8-24-47)63(54)67-45-66(60-41-38-48-25-13-14-32-56(48)64(60)67)49-26-19-31-52(43-49)69(50-27-9-3-10-28-50,51-29-11-4-12-30-51)53-39-40-58-57-33-15-16-36-59(57)68(61(58)44-53)62-37-17-18-42-65-62/h1-44H,45H2. The van der Waals surface area contributed by atoms with Crippen LogP contribution in [0.4, 0.5) is 22.7 Å². The van der Waals surface area contributed by atoms with Gasteiger partial charge in [0, 0.05) is 39.2 Å². The van der Waals surface area contributed by atoms with Gasteiger partial charge in [0.05, 0.1) is 28.1 Å². The number of hydrogen-bond acceptors (Lipinski definition) is 3. The Morgan fingerprint density at radius 2 is 0.928 bits per heavy atom. The highest BCUT2D eigenvalue weighted by Crippen LogP contribution is 2.52. The number of para-hydroxylation sites is 2. The van der Waals surface area contributed by atoms with Crippen molar-refractivity contribution in [3.05, 3.63) is 267 Å². The number of aromatic nitrogens is 2. The molecule has 326 valence electrons. The molecule has 5 heteroatoms. The Morgan fingerprint density at radius 3 is 1.61 bits per heavy atom. The van der Waals surface area contributed by atoms with Crippen molar-refractivity contribution in [3.63, 3.8) is 0 Å². The van der Waals surface area contributed by atoms with Crippen LogP contribution in [0.5, 0.6) is 0 Å². The van der Waals surface area contributed by atoms with Crippen molar-refractivity contribution in [1.82, 2.24) is 9.55 Å². The van der Waals surface area contributed by atoms with E-state index in [1.807, 2.05) is 12.3 Å². The van der Waals surface area contributed by atoms with Crippen LogP contribution in [-0.4, -0.2) is 24.3 Å². The van der Waals surface area contributed by atoms with Gasteiger partial charge in [0.25, 0.3) is 0 Å². The van der Waals surface area contributed by atoms with Crippen LogP contribution in [0.15, 0.2) is 267 Å². The summed E-state index contributed by atoms with van der Waals surface area (Å²) in [6, 6.07) is 96.2. The molecule has 4 nitrogen and oxygen atoms in total. The summed E-state index contributed by atoms with van der Waals surface area (Å²) in [6.45, 7) is 0.623. The number of fused-ring (bicyclic) bond motifs is 6. The summed E-state index contributed by atoms with van der Waals surface area (Å²) in [6.07, 6.45) is 1.89. The number of benzene rings is 10. The number of rotatable bonds is 9. The summed E-state index contributed by atoms with van der Waals surface area (Å²) < 4.78 is 2.34.